The van der Waals surface area contributed by atoms with Crippen LogP contribution in [0.3, 0.4) is 0 Å². The highest BCUT2D eigenvalue weighted by molar-refractivity contribution is 5.80. The Morgan fingerprint density at radius 1 is 1.10 bits per heavy atom. The van der Waals surface area contributed by atoms with Gasteiger partial charge in [0.05, 0.1) is 13.5 Å². The number of hydrogen-bond acceptors (Lipinski definition) is 4. The van der Waals surface area contributed by atoms with Gasteiger partial charge in [-0.1, -0.05) is 12.1 Å². The normalized spacial score (nSPS) is 11.2. The summed E-state index contributed by atoms with van der Waals surface area (Å²) >= 11 is 0. The summed E-state index contributed by atoms with van der Waals surface area (Å²) in [5.41, 5.74) is 1.05. The molecule has 0 aliphatic rings. The number of guanidine groups is 1. The van der Waals surface area contributed by atoms with Crippen LogP contribution in [0.2, 0.25) is 0 Å². The number of aliphatic imine (C=N–C) groups is 1. The van der Waals surface area contributed by atoms with E-state index in [0.717, 1.165) is 0 Å². The predicted molar refractivity (Wildman–Crippen MR) is 111 cm³/mol. The molecule has 0 unspecified atom stereocenters. The molecule has 2 aromatic rings. The third-order valence-electron chi connectivity index (χ3n) is 4.15. The molecule has 168 valence electrons. The van der Waals surface area contributed by atoms with Crippen LogP contribution in [0.4, 0.5) is 13.2 Å². The van der Waals surface area contributed by atoms with Gasteiger partial charge in [-0.15, -0.1) is 0 Å². The van der Waals surface area contributed by atoms with Crippen LogP contribution in [0.25, 0.3) is 0 Å². The van der Waals surface area contributed by atoms with Gasteiger partial charge in [-0.25, -0.2) is 4.39 Å². The van der Waals surface area contributed by atoms with Crippen molar-refractivity contribution in [1.82, 2.24) is 16.0 Å². The number of nitrogens with zero attached hydrogens (tertiary/aromatic N) is 1. The topological polar surface area (TPSA) is 84.0 Å². The van der Waals surface area contributed by atoms with Crippen LogP contribution in [0.15, 0.2) is 47.5 Å². The fourth-order valence-corrected chi connectivity index (χ4v) is 2.71. The molecule has 0 bridgehead atoms. The highest BCUT2D eigenvalue weighted by Gasteiger charge is 2.12. The quantitative estimate of drug-likeness (QED) is 0.302. The summed E-state index contributed by atoms with van der Waals surface area (Å²) in [6.07, 6.45) is 0.0769. The maximum atomic E-state index is 13.2. The van der Waals surface area contributed by atoms with Crippen LogP contribution in [-0.4, -0.2) is 45.7 Å². The zero-order chi connectivity index (χ0) is 22.6. The molecule has 0 aliphatic carbocycles. The smallest absolute Gasteiger partial charge is 0.387 e. The first kappa shape index (κ1) is 23.8. The minimum Gasteiger partial charge on any atom is -0.497 e. The summed E-state index contributed by atoms with van der Waals surface area (Å²) in [7, 11) is 3.03. The molecule has 0 aliphatic heterocycles. The number of amides is 1. The number of benzene rings is 2. The van der Waals surface area contributed by atoms with E-state index in [1.54, 1.807) is 25.2 Å². The molecule has 31 heavy (non-hydrogen) atoms. The predicted octanol–water partition coefficient (Wildman–Crippen LogP) is 2.46. The second-order valence-corrected chi connectivity index (χ2v) is 6.36. The van der Waals surface area contributed by atoms with Crippen molar-refractivity contribution in [2.24, 2.45) is 4.99 Å². The van der Waals surface area contributed by atoms with E-state index in [-0.39, 0.29) is 30.4 Å². The van der Waals surface area contributed by atoms with Gasteiger partial charge in [-0.3, -0.25) is 9.79 Å². The van der Waals surface area contributed by atoms with Crippen LogP contribution in [0.1, 0.15) is 11.1 Å². The molecular formula is C21H25F3N4O3. The standard InChI is InChI=1S/C21H25F3N4O3/c1-25-21(27-9-8-26-19(29)11-14-4-3-5-16(22)10-14)28-13-15-12-17(30-2)6-7-18(15)31-20(23)24/h3-7,10,12,20H,8-9,11,13H2,1-2H3,(H,26,29)(H2,25,27,28). The zero-order valence-corrected chi connectivity index (χ0v) is 17.3. The minimum atomic E-state index is -2.94. The van der Waals surface area contributed by atoms with Crippen LogP contribution in [0, 0.1) is 5.82 Å². The third kappa shape index (κ3) is 8.45. The number of nitrogens with one attached hydrogen (secondary N) is 3. The van der Waals surface area contributed by atoms with E-state index in [9.17, 15) is 18.0 Å². The molecule has 2 aromatic carbocycles. The highest BCUT2D eigenvalue weighted by Crippen LogP contribution is 2.25. The van der Waals surface area contributed by atoms with Crippen molar-refractivity contribution in [2.45, 2.75) is 19.6 Å². The monoisotopic (exact) mass is 438 g/mol. The van der Waals surface area contributed by atoms with E-state index < -0.39 is 6.61 Å². The molecule has 1 amide bonds. The molecule has 0 heterocycles. The highest BCUT2D eigenvalue weighted by atomic mass is 19.3. The number of carbonyl (C=O) groups is 1. The molecule has 10 heteroatoms. The molecule has 3 N–H and O–H groups in total. The Balaban J connectivity index is 1.79. The van der Waals surface area contributed by atoms with Gasteiger partial charge >= 0.3 is 6.61 Å². The van der Waals surface area contributed by atoms with Crippen molar-refractivity contribution >= 4 is 11.9 Å². The lowest BCUT2D eigenvalue weighted by molar-refractivity contribution is -0.120. The number of alkyl halides is 2. The lowest BCUT2D eigenvalue weighted by Crippen LogP contribution is -2.41. The van der Waals surface area contributed by atoms with Gasteiger partial charge in [-0.2, -0.15) is 8.78 Å². The molecule has 0 fully saturated rings. The van der Waals surface area contributed by atoms with E-state index in [1.807, 2.05) is 0 Å². The van der Waals surface area contributed by atoms with Crippen molar-refractivity contribution in [3.8, 4) is 11.5 Å². The molecule has 0 saturated heterocycles. The van der Waals surface area contributed by atoms with Gasteiger partial charge in [0.1, 0.15) is 17.3 Å². The van der Waals surface area contributed by atoms with Gasteiger partial charge < -0.3 is 25.4 Å². The van der Waals surface area contributed by atoms with E-state index in [4.69, 9.17) is 4.74 Å². The van der Waals surface area contributed by atoms with Gasteiger partial charge in [-0.05, 0) is 35.9 Å². The van der Waals surface area contributed by atoms with Gasteiger partial charge in [0.25, 0.3) is 0 Å². The van der Waals surface area contributed by atoms with Gasteiger partial charge in [0, 0.05) is 32.2 Å². The zero-order valence-electron chi connectivity index (χ0n) is 17.3. The van der Waals surface area contributed by atoms with Crippen LogP contribution < -0.4 is 25.4 Å². The molecule has 7 nitrogen and oxygen atoms in total. The Labute approximate surface area is 178 Å². The summed E-state index contributed by atoms with van der Waals surface area (Å²) < 4.78 is 48.0. The first-order chi connectivity index (χ1) is 14.9. The number of rotatable bonds is 10. The van der Waals surface area contributed by atoms with Gasteiger partial charge in [0.2, 0.25) is 5.91 Å². The van der Waals surface area contributed by atoms with Crippen molar-refractivity contribution in [3.05, 3.63) is 59.4 Å². The lowest BCUT2D eigenvalue weighted by Gasteiger charge is -2.15. The number of methoxy groups -OCH3 is 1. The van der Waals surface area contributed by atoms with E-state index in [2.05, 4.69) is 25.7 Å². The summed E-state index contributed by atoms with van der Waals surface area (Å²) in [5, 5.41) is 8.71. The first-order valence-corrected chi connectivity index (χ1v) is 9.48. The van der Waals surface area contributed by atoms with Crippen molar-refractivity contribution < 1.29 is 27.4 Å². The summed E-state index contributed by atoms with van der Waals surface area (Å²) in [4.78, 5) is 16.0. The maximum Gasteiger partial charge on any atom is 0.387 e. The summed E-state index contributed by atoms with van der Waals surface area (Å²) in [6.45, 7) is -2.10. The molecular weight excluding hydrogens is 413 g/mol. The van der Waals surface area contributed by atoms with Crippen LogP contribution in [0.5, 0.6) is 11.5 Å². The van der Waals surface area contributed by atoms with Crippen molar-refractivity contribution in [3.63, 3.8) is 0 Å². The third-order valence-corrected chi connectivity index (χ3v) is 4.15. The van der Waals surface area contributed by atoms with Crippen molar-refractivity contribution in [1.29, 1.82) is 0 Å². The van der Waals surface area contributed by atoms with E-state index in [0.29, 0.717) is 35.9 Å². The summed E-state index contributed by atoms with van der Waals surface area (Å²) in [5.74, 6) is 0.316. The average molecular weight is 438 g/mol. The van der Waals surface area contributed by atoms with Crippen LogP contribution in [-0.2, 0) is 17.8 Å². The largest absolute Gasteiger partial charge is 0.497 e. The maximum absolute atomic E-state index is 13.2. The fraction of sp³-hybridized carbons (Fsp3) is 0.333. The molecule has 0 aromatic heterocycles. The van der Waals surface area contributed by atoms with E-state index >= 15 is 0 Å². The van der Waals surface area contributed by atoms with E-state index in [1.165, 1.54) is 31.4 Å². The Hall–Kier alpha value is -3.43. The van der Waals surface area contributed by atoms with Crippen LogP contribution >= 0.6 is 0 Å². The van der Waals surface area contributed by atoms with Crippen molar-refractivity contribution in [2.75, 3.05) is 27.2 Å². The molecule has 0 spiro atoms. The first-order valence-electron chi connectivity index (χ1n) is 9.48. The Kier molecular flexibility index (Phi) is 9.47. The Morgan fingerprint density at radius 2 is 1.87 bits per heavy atom. The lowest BCUT2D eigenvalue weighted by atomic mass is 10.1. The second-order valence-electron chi connectivity index (χ2n) is 6.36. The number of hydrogen-bond donors (Lipinski definition) is 3. The fourth-order valence-electron chi connectivity index (χ4n) is 2.71. The molecule has 0 atom stereocenters. The van der Waals surface area contributed by atoms with Gasteiger partial charge in [0.15, 0.2) is 5.96 Å². The SMILES string of the molecule is CN=C(NCCNC(=O)Cc1cccc(F)c1)NCc1cc(OC)ccc1OC(F)F. The second kappa shape index (κ2) is 12.3. The molecule has 2 rings (SSSR count). The number of ether oxygens (including phenoxy) is 2. The average Bonchev–Trinajstić information content (AvgIpc) is 2.73. The minimum absolute atomic E-state index is 0.0309. The molecule has 0 radical (unpaired) electrons. The molecule has 0 saturated carbocycles. The Morgan fingerprint density at radius 3 is 2.55 bits per heavy atom. The summed E-state index contributed by atoms with van der Waals surface area (Å²) in [6, 6.07) is 10.4. The number of carbonyl (C=O) groups excluding carboxylic acids is 1. The Bertz CT molecular complexity index is 894. The number of halogens is 3.